The number of tetrazole rings is 1. The Hall–Kier alpha value is -2.46. The number of thioether (sulfide) groups is 1. The third-order valence-electron chi connectivity index (χ3n) is 5.78. The highest BCUT2D eigenvalue weighted by atomic mass is 32.2. The maximum Gasteiger partial charge on any atom is 0.214 e. The molecule has 10 heteroatoms. The predicted octanol–water partition coefficient (Wildman–Crippen LogP) is 3.03. The maximum absolute atomic E-state index is 13.0. The average Bonchev–Trinajstić information content (AvgIpc) is 3.37. The van der Waals surface area contributed by atoms with Gasteiger partial charge in [0.15, 0.2) is 15.6 Å². The van der Waals surface area contributed by atoms with Crippen molar-refractivity contribution in [2.24, 2.45) is 0 Å². The van der Waals surface area contributed by atoms with E-state index in [1.165, 1.54) is 11.8 Å². The highest BCUT2D eigenvalue weighted by Crippen LogP contribution is 2.30. The maximum atomic E-state index is 13.0. The zero-order valence-corrected chi connectivity index (χ0v) is 19.6. The molecule has 0 radical (unpaired) electrons. The van der Waals surface area contributed by atoms with Crippen molar-refractivity contribution >= 4 is 27.4 Å². The standard InChI is InChI=1S/C21H25N5O3S2/c1-13-6-5-7-14(2)20(13)26-21(22-23-24-26)30-11-19(27)18-10-15(3)25(16(18)4)17-8-9-31(28,29)12-17/h5-7,10,17H,8-9,11-12H2,1-4H3. The molecule has 31 heavy (non-hydrogen) atoms. The molecule has 1 aliphatic rings. The van der Waals surface area contributed by atoms with Crippen LogP contribution in [0.3, 0.4) is 0 Å². The summed E-state index contributed by atoms with van der Waals surface area (Å²) in [4.78, 5) is 13.0. The molecule has 0 N–H and O–H groups in total. The smallest absolute Gasteiger partial charge is 0.214 e. The lowest BCUT2D eigenvalue weighted by molar-refractivity contribution is 0.102. The number of sulfone groups is 1. The van der Waals surface area contributed by atoms with Crippen molar-refractivity contribution in [3.63, 3.8) is 0 Å². The van der Waals surface area contributed by atoms with Crippen molar-refractivity contribution in [2.75, 3.05) is 17.3 Å². The monoisotopic (exact) mass is 459 g/mol. The van der Waals surface area contributed by atoms with E-state index in [-0.39, 0.29) is 29.1 Å². The molecule has 0 bridgehead atoms. The SMILES string of the molecule is Cc1cccc(C)c1-n1nnnc1SCC(=O)c1cc(C)n(C2CCS(=O)(=O)C2)c1C. The average molecular weight is 460 g/mol. The van der Waals surface area contributed by atoms with E-state index in [1.54, 1.807) is 4.68 Å². The summed E-state index contributed by atoms with van der Waals surface area (Å²) < 4.78 is 27.5. The molecule has 2 aromatic heterocycles. The number of hydrogen-bond donors (Lipinski definition) is 0. The first-order valence-corrected chi connectivity index (χ1v) is 12.9. The van der Waals surface area contributed by atoms with Gasteiger partial charge >= 0.3 is 0 Å². The number of aryl methyl sites for hydroxylation is 3. The van der Waals surface area contributed by atoms with Gasteiger partial charge in [-0.05, 0) is 61.7 Å². The van der Waals surface area contributed by atoms with Gasteiger partial charge in [-0.1, -0.05) is 30.0 Å². The number of ketones is 1. The second-order valence-electron chi connectivity index (χ2n) is 8.04. The Morgan fingerprint density at radius 3 is 2.55 bits per heavy atom. The topological polar surface area (TPSA) is 99.7 Å². The number of benzene rings is 1. The molecule has 1 aliphatic heterocycles. The fraction of sp³-hybridized carbons (Fsp3) is 0.429. The van der Waals surface area contributed by atoms with Crippen molar-refractivity contribution in [2.45, 2.75) is 45.3 Å². The Morgan fingerprint density at radius 2 is 1.90 bits per heavy atom. The largest absolute Gasteiger partial charge is 0.344 e. The molecule has 0 aliphatic carbocycles. The summed E-state index contributed by atoms with van der Waals surface area (Å²) in [7, 11) is -3.00. The minimum Gasteiger partial charge on any atom is -0.344 e. The van der Waals surface area contributed by atoms with Gasteiger partial charge in [0.25, 0.3) is 0 Å². The Balaban J connectivity index is 1.54. The van der Waals surface area contributed by atoms with Crippen molar-refractivity contribution < 1.29 is 13.2 Å². The number of rotatable bonds is 6. The number of Topliss-reactive ketones (excluding diaryl/α,β-unsaturated/α-hetero) is 1. The fourth-order valence-corrected chi connectivity index (χ4v) is 6.82. The van der Waals surface area contributed by atoms with Gasteiger partial charge in [-0.25, -0.2) is 8.42 Å². The lowest BCUT2D eigenvalue weighted by atomic mass is 10.1. The van der Waals surface area contributed by atoms with Crippen LogP contribution in [0.25, 0.3) is 5.69 Å². The van der Waals surface area contributed by atoms with Crippen LogP contribution in [0.5, 0.6) is 0 Å². The highest BCUT2D eigenvalue weighted by molar-refractivity contribution is 7.99. The van der Waals surface area contributed by atoms with Crippen LogP contribution in [0.15, 0.2) is 29.4 Å². The van der Waals surface area contributed by atoms with Crippen LogP contribution in [-0.4, -0.2) is 56.2 Å². The molecule has 3 aromatic rings. The zero-order valence-electron chi connectivity index (χ0n) is 18.0. The molecule has 8 nitrogen and oxygen atoms in total. The Kier molecular flexibility index (Phi) is 5.78. The summed E-state index contributed by atoms with van der Waals surface area (Å²) in [6.45, 7) is 7.81. The molecule has 0 spiro atoms. The number of aromatic nitrogens is 5. The first-order chi connectivity index (χ1) is 14.7. The molecular weight excluding hydrogens is 434 g/mol. The van der Waals surface area contributed by atoms with Crippen LogP contribution in [0, 0.1) is 27.7 Å². The number of hydrogen-bond acceptors (Lipinski definition) is 7. The third-order valence-corrected chi connectivity index (χ3v) is 8.45. The summed E-state index contributed by atoms with van der Waals surface area (Å²) >= 11 is 1.30. The summed E-state index contributed by atoms with van der Waals surface area (Å²) in [5.41, 5.74) is 5.38. The lowest BCUT2D eigenvalue weighted by Crippen LogP contribution is -2.14. The van der Waals surface area contributed by atoms with Crippen LogP contribution in [0.1, 0.15) is 45.3 Å². The van der Waals surface area contributed by atoms with Gasteiger partial charge < -0.3 is 4.57 Å². The molecule has 3 heterocycles. The van der Waals surface area contributed by atoms with Crippen LogP contribution in [0.2, 0.25) is 0 Å². The first-order valence-electron chi connectivity index (χ1n) is 10.1. The normalized spacial score (nSPS) is 17.9. The highest BCUT2D eigenvalue weighted by Gasteiger charge is 2.31. The third kappa shape index (κ3) is 4.18. The van der Waals surface area contributed by atoms with Crippen LogP contribution in [-0.2, 0) is 9.84 Å². The number of carbonyl (C=O) groups excluding carboxylic acids is 1. The number of carbonyl (C=O) groups is 1. The van der Waals surface area contributed by atoms with E-state index < -0.39 is 9.84 Å². The van der Waals surface area contributed by atoms with E-state index in [1.807, 2.05) is 56.5 Å². The van der Waals surface area contributed by atoms with Gasteiger partial charge in [0.2, 0.25) is 5.16 Å². The second kappa shape index (κ2) is 8.23. The molecule has 1 fully saturated rings. The predicted molar refractivity (Wildman–Crippen MR) is 120 cm³/mol. The van der Waals surface area contributed by atoms with Gasteiger partial charge in [0.05, 0.1) is 22.9 Å². The van der Waals surface area contributed by atoms with Gasteiger partial charge in [-0.15, -0.1) is 5.10 Å². The molecule has 1 atom stereocenters. The minimum absolute atomic E-state index is 0.0266. The van der Waals surface area contributed by atoms with E-state index in [0.717, 1.165) is 28.2 Å². The second-order valence-corrected chi connectivity index (χ2v) is 11.2. The molecule has 0 amide bonds. The van der Waals surface area contributed by atoms with Gasteiger partial charge in [0, 0.05) is 23.0 Å². The Labute approximate surface area is 186 Å². The van der Waals surface area contributed by atoms with E-state index in [4.69, 9.17) is 0 Å². The van der Waals surface area contributed by atoms with E-state index in [0.29, 0.717) is 17.1 Å². The van der Waals surface area contributed by atoms with Crippen molar-refractivity contribution in [1.29, 1.82) is 0 Å². The molecule has 4 rings (SSSR count). The van der Waals surface area contributed by atoms with E-state index in [9.17, 15) is 13.2 Å². The molecule has 164 valence electrons. The minimum atomic E-state index is -3.00. The van der Waals surface area contributed by atoms with Crippen LogP contribution in [0.4, 0.5) is 0 Å². The quantitative estimate of drug-likeness (QED) is 0.413. The Bertz CT molecular complexity index is 1240. The molecular formula is C21H25N5O3S2. The van der Waals surface area contributed by atoms with E-state index in [2.05, 4.69) is 15.5 Å². The van der Waals surface area contributed by atoms with Crippen molar-refractivity contribution in [1.82, 2.24) is 24.8 Å². The first kappa shape index (κ1) is 21.8. The van der Waals surface area contributed by atoms with Crippen LogP contribution >= 0.6 is 11.8 Å². The summed E-state index contributed by atoms with van der Waals surface area (Å²) in [5.74, 6) is 0.505. The zero-order chi connectivity index (χ0) is 22.3. The number of nitrogens with zero attached hydrogens (tertiary/aromatic N) is 5. The number of para-hydroxylation sites is 1. The molecule has 1 saturated heterocycles. The van der Waals surface area contributed by atoms with Gasteiger partial charge in [-0.3, -0.25) is 4.79 Å². The summed E-state index contributed by atoms with van der Waals surface area (Å²) in [5, 5.41) is 12.6. The van der Waals surface area contributed by atoms with Gasteiger partial charge in [0.1, 0.15) is 0 Å². The van der Waals surface area contributed by atoms with Crippen LogP contribution < -0.4 is 0 Å². The Morgan fingerprint density at radius 1 is 1.19 bits per heavy atom. The summed E-state index contributed by atoms with van der Waals surface area (Å²) in [6.07, 6.45) is 0.589. The van der Waals surface area contributed by atoms with Crippen molar-refractivity contribution in [3.05, 3.63) is 52.3 Å². The fourth-order valence-electron chi connectivity index (χ4n) is 4.36. The molecule has 1 unspecified atom stereocenters. The van der Waals surface area contributed by atoms with Crippen molar-refractivity contribution in [3.8, 4) is 5.69 Å². The summed E-state index contributed by atoms with van der Waals surface area (Å²) in [6, 6.07) is 7.75. The molecule has 0 saturated carbocycles. The molecule has 1 aromatic carbocycles. The lowest BCUT2D eigenvalue weighted by Gasteiger charge is -2.16. The van der Waals surface area contributed by atoms with Gasteiger partial charge in [-0.2, -0.15) is 4.68 Å². The van der Waals surface area contributed by atoms with E-state index >= 15 is 0 Å².